The summed E-state index contributed by atoms with van der Waals surface area (Å²) in [5.74, 6) is 0. The zero-order valence-electron chi connectivity index (χ0n) is 7.49. The Labute approximate surface area is 77.7 Å². The molecule has 1 N–H and O–H groups in total. The number of hydrogen-bond donors (Lipinski definition) is 1. The third-order valence-corrected chi connectivity index (χ3v) is 1.58. The van der Waals surface area contributed by atoms with Crippen LogP contribution < -0.4 is 5.32 Å². The van der Waals surface area contributed by atoms with Gasteiger partial charge in [0.1, 0.15) is 12.3 Å². The zero-order chi connectivity index (χ0) is 9.52. The maximum atomic E-state index is 10.5. The Balaban J connectivity index is 2.51. The molecular formula is C10H12NO2. The third kappa shape index (κ3) is 3.25. The van der Waals surface area contributed by atoms with Crippen LogP contribution in [0, 0.1) is 6.07 Å². The number of aldehydes is 1. The molecular weight excluding hydrogens is 166 g/mol. The Morgan fingerprint density at radius 3 is 2.85 bits per heavy atom. The van der Waals surface area contributed by atoms with Gasteiger partial charge in [-0.1, -0.05) is 12.1 Å². The van der Waals surface area contributed by atoms with E-state index in [2.05, 4.69) is 11.4 Å². The molecule has 1 unspecified atom stereocenters. The van der Waals surface area contributed by atoms with Crippen LogP contribution in [0.5, 0.6) is 0 Å². The minimum Gasteiger partial charge on any atom is -0.382 e. The summed E-state index contributed by atoms with van der Waals surface area (Å²) < 4.78 is 4.87. The molecule has 0 fully saturated rings. The van der Waals surface area contributed by atoms with Gasteiger partial charge >= 0.3 is 0 Å². The standard InChI is InChI=1S/C10H12NO2/c1-13-8-10(7-12)11-9-5-3-2-4-6-9/h3-7,10-11H,8H2,1H3. The van der Waals surface area contributed by atoms with Crippen LogP contribution in [-0.4, -0.2) is 26.0 Å². The van der Waals surface area contributed by atoms with Crippen molar-refractivity contribution in [1.82, 2.24) is 0 Å². The van der Waals surface area contributed by atoms with Crippen molar-refractivity contribution >= 4 is 12.0 Å². The fourth-order valence-corrected chi connectivity index (χ4v) is 0.992. The number of methoxy groups -OCH3 is 1. The first-order chi connectivity index (χ1) is 6.36. The van der Waals surface area contributed by atoms with Gasteiger partial charge < -0.3 is 14.8 Å². The van der Waals surface area contributed by atoms with Crippen molar-refractivity contribution in [3.63, 3.8) is 0 Å². The Hall–Kier alpha value is -1.35. The lowest BCUT2D eigenvalue weighted by atomic mass is 10.3. The summed E-state index contributed by atoms with van der Waals surface area (Å²) in [5, 5.41) is 3.02. The monoisotopic (exact) mass is 178 g/mol. The molecule has 0 bridgehead atoms. The molecule has 0 heterocycles. The van der Waals surface area contributed by atoms with E-state index in [9.17, 15) is 4.79 Å². The summed E-state index contributed by atoms with van der Waals surface area (Å²) in [5.41, 5.74) is 0.896. The van der Waals surface area contributed by atoms with E-state index in [0.29, 0.717) is 6.61 Å². The third-order valence-electron chi connectivity index (χ3n) is 1.58. The molecule has 69 valence electrons. The molecule has 3 heteroatoms. The summed E-state index contributed by atoms with van der Waals surface area (Å²) in [6, 6.07) is 9.90. The first kappa shape index (κ1) is 9.74. The molecule has 0 saturated heterocycles. The van der Waals surface area contributed by atoms with Crippen LogP contribution in [0.2, 0.25) is 0 Å². The van der Waals surface area contributed by atoms with Crippen molar-refractivity contribution in [2.75, 3.05) is 19.0 Å². The lowest BCUT2D eigenvalue weighted by molar-refractivity contribution is -0.109. The van der Waals surface area contributed by atoms with Crippen LogP contribution in [0.15, 0.2) is 24.3 Å². The predicted molar refractivity (Wildman–Crippen MR) is 50.6 cm³/mol. The van der Waals surface area contributed by atoms with Gasteiger partial charge in [0.25, 0.3) is 0 Å². The molecule has 0 spiro atoms. The molecule has 1 rings (SSSR count). The number of nitrogens with one attached hydrogen (secondary N) is 1. The quantitative estimate of drug-likeness (QED) is 0.686. The van der Waals surface area contributed by atoms with E-state index in [0.717, 1.165) is 12.0 Å². The van der Waals surface area contributed by atoms with Crippen LogP contribution in [0.3, 0.4) is 0 Å². The number of rotatable bonds is 5. The van der Waals surface area contributed by atoms with Crippen molar-refractivity contribution in [2.45, 2.75) is 6.04 Å². The number of hydrogen-bond acceptors (Lipinski definition) is 3. The van der Waals surface area contributed by atoms with Crippen LogP contribution in [0.1, 0.15) is 0 Å². The minimum absolute atomic E-state index is 0.285. The summed E-state index contributed by atoms with van der Waals surface area (Å²) in [7, 11) is 1.57. The van der Waals surface area contributed by atoms with Gasteiger partial charge in [0.15, 0.2) is 0 Å². The van der Waals surface area contributed by atoms with Crippen LogP contribution in [-0.2, 0) is 9.53 Å². The zero-order valence-corrected chi connectivity index (χ0v) is 7.49. The first-order valence-electron chi connectivity index (χ1n) is 4.03. The van der Waals surface area contributed by atoms with Crippen molar-refractivity contribution in [3.05, 3.63) is 30.3 Å². The number of ether oxygens (including phenoxy) is 1. The second kappa shape index (κ2) is 5.32. The molecule has 0 saturated carbocycles. The predicted octanol–water partition coefficient (Wildman–Crippen LogP) is 1.11. The maximum absolute atomic E-state index is 10.5. The molecule has 0 aliphatic carbocycles. The highest BCUT2D eigenvalue weighted by molar-refractivity contribution is 5.64. The summed E-state index contributed by atoms with van der Waals surface area (Å²) >= 11 is 0. The largest absolute Gasteiger partial charge is 0.382 e. The highest BCUT2D eigenvalue weighted by Crippen LogP contribution is 2.05. The second-order valence-electron chi connectivity index (χ2n) is 2.63. The Bertz CT molecular complexity index is 248. The Morgan fingerprint density at radius 1 is 1.62 bits per heavy atom. The van der Waals surface area contributed by atoms with Crippen molar-refractivity contribution in [2.24, 2.45) is 0 Å². The molecule has 1 aromatic carbocycles. The van der Waals surface area contributed by atoms with Crippen molar-refractivity contribution in [1.29, 1.82) is 0 Å². The molecule has 0 aliphatic heterocycles. The van der Waals surface area contributed by atoms with Crippen LogP contribution in [0.25, 0.3) is 0 Å². The Kier molecular flexibility index (Phi) is 3.99. The Morgan fingerprint density at radius 2 is 2.31 bits per heavy atom. The fourth-order valence-electron chi connectivity index (χ4n) is 0.992. The van der Waals surface area contributed by atoms with E-state index < -0.39 is 0 Å². The van der Waals surface area contributed by atoms with E-state index in [1.807, 2.05) is 12.1 Å². The molecule has 1 aromatic rings. The van der Waals surface area contributed by atoms with Gasteiger partial charge in [-0.2, -0.15) is 0 Å². The minimum atomic E-state index is -0.285. The number of carbonyl (C=O) groups is 1. The fraction of sp³-hybridized carbons (Fsp3) is 0.300. The molecule has 0 aliphatic rings. The summed E-state index contributed by atoms with van der Waals surface area (Å²) in [6.07, 6.45) is 0.834. The molecule has 13 heavy (non-hydrogen) atoms. The lowest BCUT2D eigenvalue weighted by Crippen LogP contribution is -2.26. The molecule has 1 atom stereocenters. The van der Waals surface area contributed by atoms with Gasteiger partial charge in [-0.25, -0.2) is 0 Å². The highest BCUT2D eigenvalue weighted by atomic mass is 16.5. The van der Waals surface area contributed by atoms with E-state index in [-0.39, 0.29) is 6.04 Å². The van der Waals surface area contributed by atoms with E-state index in [1.54, 1.807) is 19.2 Å². The number of benzene rings is 1. The molecule has 0 aromatic heterocycles. The SMILES string of the molecule is COCC(C=O)Nc1cc[c]cc1. The van der Waals surface area contributed by atoms with E-state index >= 15 is 0 Å². The van der Waals surface area contributed by atoms with Gasteiger partial charge in [0, 0.05) is 12.8 Å². The topological polar surface area (TPSA) is 38.3 Å². The summed E-state index contributed by atoms with van der Waals surface area (Å²) in [6.45, 7) is 0.377. The van der Waals surface area contributed by atoms with E-state index in [4.69, 9.17) is 4.74 Å². The smallest absolute Gasteiger partial charge is 0.144 e. The maximum Gasteiger partial charge on any atom is 0.144 e. The van der Waals surface area contributed by atoms with Gasteiger partial charge in [-0.15, -0.1) is 0 Å². The summed E-state index contributed by atoms with van der Waals surface area (Å²) in [4.78, 5) is 10.5. The molecule has 3 nitrogen and oxygen atoms in total. The number of anilines is 1. The molecule has 0 amide bonds. The average Bonchev–Trinajstić information content (AvgIpc) is 2.19. The van der Waals surface area contributed by atoms with Gasteiger partial charge in [-0.05, 0) is 18.2 Å². The van der Waals surface area contributed by atoms with Gasteiger partial charge in [0.05, 0.1) is 6.61 Å². The lowest BCUT2D eigenvalue weighted by Gasteiger charge is -2.12. The van der Waals surface area contributed by atoms with Crippen molar-refractivity contribution < 1.29 is 9.53 Å². The first-order valence-corrected chi connectivity index (χ1v) is 4.03. The van der Waals surface area contributed by atoms with Gasteiger partial charge in [0.2, 0.25) is 0 Å². The van der Waals surface area contributed by atoms with Crippen LogP contribution in [0.4, 0.5) is 5.69 Å². The highest BCUT2D eigenvalue weighted by Gasteiger charge is 2.04. The average molecular weight is 178 g/mol. The second-order valence-corrected chi connectivity index (χ2v) is 2.63. The van der Waals surface area contributed by atoms with E-state index in [1.165, 1.54) is 0 Å². The van der Waals surface area contributed by atoms with Crippen molar-refractivity contribution in [3.8, 4) is 0 Å². The van der Waals surface area contributed by atoms with Gasteiger partial charge in [-0.3, -0.25) is 0 Å². The molecule has 1 radical (unpaired) electrons. The van der Waals surface area contributed by atoms with Crippen LogP contribution >= 0.6 is 0 Å². The number of carbonyl (C=O) groups excluding carboxylic acids is 1. The normalized spacial score (nSPS) is 12.1.